The van der Waals surface area contributed by atoms with Crippen molar-refractivity contribution in [2.45, 2.75) is 122 Å². The van der Waals surface area contributed by atoms with E-state index in [1.165, 1.54) is 17.0 Å². The number of benzene rings is 3. The van der Waals surface area contributed by atoms with Gasteiger partial charge in [-0.25, -0.2) is 13.8 Å². The summed E-state index contributed by atoms with van der Waals surface area (Å²) in [5.74, 6) is -1.90. The number of ether oxygens (including phenoxy) is 1. The molecule has 4 saturated heterocycles. The first-order valence-corrected chi connectivity index (χ1v) is 28.0. The number of unbranched alkanes of at least 4 members (excludes halogenated alkanes) is 1. The standard InChI is InChI=1S/C55H62ClF2N11O5S2/c1-28(30-9-11-31(12-10-30)47-29(2)61-27-75-47)62-52(72)41-20-35(70)25-69(41)53(73)49(55(3,4)5)64-42(71)8-6-7-18-67-19-17-34(67)26-74-54-65-46-37(51(66-54)68-23-32-13-14-33(24-68)63-32)21-39(56)44(45(46)58)36-15-16-40(57)48-43(36)38(22-59)50(60)76-48/h9-12,15-16,21,27-28,32-35,41,49,63,70H,6-8,13-14,17-20,23-26,60H2,1-5H3,(H,62,72)(H,64,71)/t28-,32?,33?,34-,35+,41-,49+/m0/s1. The fraction of sp³-hybridized carbons (Fsp3) is 0.473. The summed E-state index contributed by atoms with van der Waals surface area (Å²) in [7, 11) is 0. The maximum absolute atomic E-state index is 17.2. The first-order valence-electron chi connectivity index (χ1n) is 25.9. The molecule has 10 rings (SSSR count). The Morgan fingerprint density at radius 2 is 1.80 bits per heavy atom. The zero-order valence-electron chi connectivity index (χ0n) is 43.1. The number of carbonyl (C=O) groups excluding carboxylic acids is 3. The number of aliphatic hydroxyl groups is 1. The van der Waals surface area contributed by atoms with Crippen LogP contribution in [0.3, 0.4) is 0 Å². The highest BCUT2D eigenvalue weighted by Gasteiger charge is 2.45. The smallest absolute Gasteiger partial charge is 0.319 e. The fourth-order valence-corrected chi connectivity index (χ4v) is 13.2. The Kier molecular flexibility index (Phi) is 15.3. The van der Waals surface area contributed by atoms with E-state index in [2.05, 4.69) is 41.8 Å². The minimum absolute atomic E-state index is 0.00266. The van der Waals surface area contributed by atoms with E-state index >= 15 is 8.78 Å². The van der Waals surface area contributed by atoms with Crippen molar-refractivity contribution in [2.75, 3.05) is 50.0 Å². The summed E-state index contributed by atoms with van der Waals surface area (Å²) in [6.45, 7) is 12.5. The number of aromatic nitrogens is 3. The molecule has 4 aliphatic heterocycles. The van der Waals surface area contributed by atoms with E-state index in [0.717, 1.165) is 58.8 Å². The van der Waals surface area contributed by atoms with E-state index in [0.29, 0.717) is 43.7 Å². The van der Waals surface area contributed by atoms with Crippen molar-refractivity contribution in [1.29, 1.82) is 5.26 Å². The number of aliphatic hydroxyl groups excluding tert-OH is 1. The van der Waals surface area contributed by atoms with Crippen molar-refractivity contribution < 1.29 is 33.0 Å². The van der Waals surface area contributed by atoms with Gasteiger partial charge in [-0.3, -0.25) is 19.3 Å². The van der Waals surface area contributed by atoms with Crippen LogP contribution in [-0.4, -0.2) is 123 Å². The second kappa shape index (κ2) is 21.7. The van der Waals surface area contributed by atoms with Crippen molar-refractivity contribution in [2.24, 2.45) is 5.41 Å². The van der Waals surface area contributed by atoms with E-state index in [4.69, 9.17) is 27.1 Å². The summed E-state index contributed by atoms with van der Waals surface area (Å²) in [4.78, 5) is 62.4. The van der Waals surface area contributed by atoms with Gasteiger partial charge < -0.3 is 41.3 Å². The van der Waals surface area contributed by atoms with Crippen LogP contribution in [-0.2, 0) is 14.4 Å². The summed E-state index contributed by atoms with van der Waals surface area (Å²) >= 11 is 9.42. The highest BCUT2D eigenvalue weighted by molar-refractivity contribution is 7.23. The average molecular weight is 1090 g/mol. The average Bonchev–Trinajstić information content (AvgIpc) is 4.24. The molecular formula is C55H62ClF2N11O5S2. The van der Waals surface area contributed by atoms with Gasteiger partial charge in [0.1, 0.15) is 46.9 Å². The molecule has 0 spiro atoms. The molecule has 3 amide bonds. The molecule has 3 aromatic carbocycles. The van der Waals surface area contributed by atoms with Gasteiger partial charge in [0.05, 0.1) is 43.5 Å². The first-order chi connectivity index (χ1) is 36.4. The zero-order chi connectivity index (χ0) is 53.7. The molecule has 4 aliphatic rings. The number of rotatable bonds is 16. The Hall–Kier alpha value is -6.08. The lowest BCUT2D eigenvalue weighted by Gasteiger charge is -2.40. The summed E-state index contributed by atoms with van der Waals surface area (Å²) in [5, 5.41) is 31.2. The third-order valence-electron chi connectivity index (χ3n) is 15.4. The molecule has 0 aliphatic carbocycles. The normalized spacial score (nSPS) is 21.4. The van der Waals surface area contributed by atoms with E-state index < -0.39 is 41.1 Å². The number of carbonyl (C=O) groups is 3. The van der Waals surface area contributed by atoms with Crippen LogP contribution in [0.1, 0.15) is 95.5 Å². The van der Waals surface area contributed by atoms with Crippen molar-refractivity contribution in [3.05, 3.63) is 81.5 Å². The number of thiazole rings is 1. The van der Waals surface area contributed by atoms with Gasteiger partial charge in [0.25, 0.3) is 0 Å². The van der Waals surface area contributed by atoms with Crippen molar-refractivity contribution in [3.8, 4) is 33.6 Å². The molecule has 7 heterocycles. The van der Waals surface area contributed by atoms with Crippen LogP contribution in [0, 0.1) is 35.3 Å². The Morgan fingerprint density at radius 1 is 1.05 bits per heavy atom. The molecule has 16 nitrogen and oxygen atoms in total. The monoisotopic (exact) mass is 1090 g/mol. The third kappa shape index (κ3) is 10.7. The van der Waals surface area contributed by atoms with E-state index in [1.807, 2.05) is 64.4 Å². The molecule has 4 fully saturated rings. The Morgan fingerprint density at radius 3 is 2.47 bits per heavy atom. The number of hydrogen-bond acceptors (Lipinski definition) is 15. The maximum Gasteiger partial charge on any atom is 0.319 e. The quantitative estimate of drug-likeness (QED) is 0.0578. The number of nitrogens with two attached hydrogens (primary N) is 1. The summed E-state index contributed by atoms with van der Waals surface area (Å²) in [6, 6.07) is 12.5. The molecule has 400 valence electrons. The fourth-order valence-electron chi connectivity index (χ4n) is 11.2. The molecule has 2 bridgehead atoms. The number of nitriles is 1. The molecule has 76 heavy (non-hydrogen) atoms. The molecule has 3 aromatic heterocycles. The van der Waals surface area contributed by atoms with Gasteiger partial charge in [0.2, 0.25) is 17.7 Å². The second-order valence-corrected chi connectivity index (χ2v) is 24.0. The van der Waals surface area contributed by atoms with Crippen LogP contribution in [0.25, 0.3) is 42.6 Å². The summed E-state index contributed by atoms with van der Waals surface area (Å²) in [5.41, 5.74) is 10.4. The Labute approximate surface area is 453 Å². The summed E-state index contributed by atoms with van der Waals surface area (Å²) < 4.78 is 38.8. The van der Waals surface area contributed by atoms with Crippen LogP contribution in [0.15, 0.2) is 48.0 Å². The Bertz CT molecular complexity index is 3240. The number of piperazine rings is 1. The van der Waals surface area contributed by atoms with Crippen molar-refractivity contribution in [1.82, 2.24) is 40.7 Å². The molecule has 21 heteroatoms. The predicted octanol–water partition coefficient (Wildman–Crippen LogP) is 8.26. The van der Waals surface area contributed by atoms with Gasteiger partial charge in [-0.1, -0.05) is 62.7 Å². The largest absolute Gasteiger partial charge is 0.462 e. The second-order valence-electron chi connectivity index (χ2n) is 21.7. The van der Waals surface area contributed by atoms with Gasteiger partial charge in [-0.15, -0.1) is 22.7 Å². The van der Waals surface area contributed by atoms with E-state index in [-0.39, 0.29) is 110 Å². The highest BCUT2D eigenvalue weighted by Crippen LogP contribution is 2.46. The molecule has 2 unspecified atom stereocenters. The lowest BCUT2D eigenvalue weighted by molar-refractivity contribution is -0.144. The van der Waals surface area contributed by atoms with E-state index in [1.54, 1.807) is 17.4 Å². The lowest BCUT2D eigenvalue weighted by atomic mass is 9.85. The molecular weight excluding hydrogens is 1030 g/mol. The summed E-state index contributed by atoms with van der Waals surface area (Å²) in [6.07, 6.45) is 3.50. The minimum atomic E-state index is -0.940. The van der Waals surface area contributed by atoms with E-state index in [9.17, 15) is 24.8 Å². The van der Waals surface area contributed by atoms with Gasteiger partial charge in [-0.05, 0) is 86.7 Å². The van der Waals surface area contributed by atoms with Crippen LogP contribution < -0.4 is 31.3 Å². The number of nitrogens with one attached hydrogen (secondary N) is 3. The predicted molar refractivity (Wildman–Crippen MR) is 292 cm³/mol. The lowest BCUT2D eigenvalue weighted by Crippen LogP contribution is -2.57. The SMILES string of the molecule is Cc1ncsc1-c1ccc([C@H](C)NC(=O)[C@@H]2C[C@@H](O)CN2C(=O)[C@@H](NC(=O)CCCCN2CC[C@H]2COc2nc(N3CC4CCC(C3)N4)c3cc(Cl)c(-c4ccc(F)c5sc(N)c(C#N)c45)c(F)c3n2)C(C)(C)C)cc1. The van der Waals surface area contributed by atoms with Crippen LogP contribution >= 0.6 is 34.3 Å². The number of thiophene rings is 1. The topological polar surface area (TPSA) is 215 Å². The molecule has 0 radical (unpaired) electrons. The molecule has 0 saturated carbocycles. The van der Waals surface area contributed by atoms with Crippen LogP contribution in [0.5, 0.6) is 6.01 Å². The molecule has 6 aromatic rings. The third-order valence-corrected chi connectivity index (χ3v) is 17.7. The zero-order valence-corrected chi connectivity index (χ0v) is 45.5. The van der Waals surface area contributed by atoms with Gasteiger partial charge in [0, 0.05) is 73.5 Å². The number of nitrogens with zero attached hydrogens (tertiary/aromatic N) is 7. The van der Waals surface area contributed by atoms with Crippen molar-refractivity contribution in [3.63, 3.8) is 0 Å². The van der Waals surface area contributed by atoms with Gasteiger partial charge >= 0.3 is 6.01 Å². The maximum atomic E-state index is 17.2. The van der Waals surface area contributed by atoms with Crippen LogP contribution in [0.2, 0.25) is 5.02 Å². The number of aryl methyl sites for hydroxylation is 1. The number of nitrogen functional groups attached to an aromatic ring is 1. The number of halogens is 3. The number of anilines is 2. The van der Waals surface area contributed by atoms with Gasteiger partial charge in [-0.2, -0.15) is 15.2 Å². The number of β-amino-alcohol motifs (C(OH)–C–C–N with tert-alkyl or cyclic N) is 1. The number of fused-ring (bicyclic) bond motifs is 4. The van der Waals surface area contributed by atoms with Gasteiger partial charge in [0.15, 0.2) is 5.82 Å². The number of amides is 3. The Balaban J connectivity index is 0.765. The minimum Gasteiger partial charge on any atom is -0.462 e. The first kappa shape index (κ1) is 53.3. The number of hydrogen-bond donors (Lipinski definition) is 5. The number of likely N-dealkylation sites (tertiary alicyclic amines) is 2. The highest BCUT2D eigenvalue weighted by atomic mass is 35.5. The molecule has 7 atom stereocenters. The van der Waals surface area contributed by atoms with Crippen LogP contribution in [0.4, 0.5) is 19.6 Å². The van der Waals surface area contributed by atoms with Crippen molar-refractivity contribution >= 4 is 83.8 Å². The molecule has 6 N–H and O–H groups in total.